The van der Waals surface area contributed by atoms with E-state index < -0.39 is 0 Å². The van der Waals surface area contributed by atoms with E-state index in [-0.39, 0.29) is 24.0 Å². The highest BCUT2D eigenvalue weighted by molar-refractivity contribution is 14.0. The third-order valence-corrected chi connectivity index (χ3v) is 3.12. The van der Waals surface area contributed by atoms with Crippen molar-refractivity contribution in [2.75, 3.05) is 13.1 Å². The molecule has 0 fully saturated rings. The average Bonchev–Trinajstić information content (AvgIpc) is 3.01. The zero-order valence-electron chi connectivity index (χ0n) is 11.1. The summed E-state index contributed by atoms with van der Waals surface area (Å²) in [6.07, 6.45) is 6.66. The Bertz CT molecular complexity index is 565. The second kappa shape index (κ2) is 7.28. The summed E-state index contributed by atoms with van der Waals surface area (Å²) < 4.78 is 2.02. The SMILES string of the molecule is I.c1ccc(-n2ccnc2)c(CNC2=NCCCN2)c1. The number of imidazole rings is 1. The van der Waals surface area contributed by atoms with E-state index in [0.29, 0.717) is 0 Å². The van der Waals surface area contributed by atoms with E-state index in [2.05, 4.69) is 32.7 Å². The maximum atomic E-state index is 4.41. The minimum Gasteiger partial charge on any atom is -0.356 e. The predicted molar refractivity (Wildman–Crippen MR) is 90.7 cm³/mol. The number of rotatable bonds is 3. The summed E-state index contributed by atoms with van der Waals surface area (Å²) in [7, 11) is 0. The van der Waals surface area contributed by atoms with Crippen LogP contribution in [0, 0.1) is 0 Å². The van der Waals surface area contributed by atoms with Crippen molar-refractivity contribution < 1.29 is 0 Å². The van der Waals surface area contributed by atoms with Crippen LogP contribution in [0.2, 0.25) is 0 Å². The van der Waals surface area contributed by atoms with Crippen molar-refractivity contribution in [3.05, 3.63) is 48.5 Å². The second-order valence-electron chi connectivity index (χ2n) is 4.46. The molecule has 0 saturated carbocycles. The number of para-hydroxylation sites is 1. The standard InChI is InChI=1S/C14H17N5.HI/c1-2-5-13(19-9-8-15-11-19)12(4-1)10-18-14-16-6-3-7-17-14;/h1-2,4-5,8-9,11H,3,6-7,10H2,(H2,16,17,18);1H. The molecule has 1 aromatic carbocycles. The first kappa shape index (κ1) is 14.8. The minimum atomic E-state index is 0. The zero-order valence-corrected chi connectivity index (χ0v) is 13.5. The first-order valence-corrected chi connectivity index (χ1v) is 6.52. The monoisotopic (exact) mass is 383 g/mol. The summed E-state index contributed by atoms with van der Waals surface area (Å²) in [6.45, 7) is 2.65. The van der Waals surface area contributed by atoms with Crippen LogP contribution in [0.1, 0.15) is 12.0 Å². The van der Waals surface area contributed by atoms with Gasteiger partial charge in [-0.25, -0.2) is 4.98 Å². The van der Waals surface area contributed by atoms with Gasteiger partial charge < -0.3 is 15.2 Å². The Kier molecular flexibility index (Phi) is 5.40. The Morgan fingerprint density at radius 3 is 2.95 bits per heavy atom. The quantitative estimate of drug-likeness (QED) is 0.797. The summed E-state index contributed by atoms with van der Waals surface area (Å²) in [5.74, 6) is 0.895. The lowest BCUT2D eigenvalue weighted by Crippen LogP contribution is -2.40. The molecular weight excluding hydrogens is 365 g/mol. The van der Waals surface area contributed by atoms with Gasteiger partial charge in [0.2, 0.25) is 0 Å². The van der Waals surface area contributed by atoms with Gasteiger partial charge in [0.25, 0.3) is 0 Å². The number of aliphatic imine (C=N–C) groups is 1. The van der Waals surface area contributed by atoms with E-state index in [0.717, 1.165) is 37.7 Å². The Morgan fingerprint density at radius 2 is 2.20 bits per heavy atom. The molecule has 0 aliphatic carbocycles. The van der Waals surface area contributed by atoms with Gasteiger partial charge in [0, 0.05) is 32.0 Å². The average molecular weight is 383 g/mol. The Labute approximate surface area is 135 Å². The van der Waals surface area contributed by atoms with Crippen molar-refractivity contribution >= 4 is 29.9 Å². The highest BCUT2D eigenvalue weighted by Crippen LogP contribution is 2.13. The van der Waals surface area contributed by atoms with E-state index >= 15 is 0 Å². The Morgan fingerprint density at radius 1 is 1.30 bits per heavy atom. The van der Waals surface area contributed by atoms with Crippen LogP contribution in [-0.4, -0.2) is 28.6 Å². The van der Waals surface area contributed by atoms with Crippen LogP contribution >= 0.6 is 24.0 Å². The van der Waals surface area contributed by atoms with Crippen molar-refractivity contribution in [3.63, 3.8) is 0 Å². The number of aromatic nitrogens is 2. The maximum absolute atomic E-state index is 4.41. The third kappa shape index (κ3) is 3.50. The van der Waals surface area contributed by atoms with Crippen LogP contribution in [0.15, 0.2) is 48.0 Å². The van der Waals surface area contributed by atoms with Gasteiger partial charge in [-0.3, -0.25) is 4.99 Å². The number of hydrogen-bond acceptors (Lipinski definition) is 4. The molecule has 20 heavy (non-hydrogen) atoms. The highest BCUT2D eigenvalue weighted by Gasteiger charge is 2.06. The van der Waals surface area contributed by atoms with Gasteiger partial charge in [-0.05, 0) is 18.1 Å². The van der Waals surface area contributed by atoms with Gasteiger partial charge in [0.1, 0.15) is 0 Å². The molecule has 3 rings (SSSR count). The molecule has 1 aliphatic rings. The van der Waals surface area contributed by atoms with Gasteiger partial charge in [-0.15, -0.1) is 24.0 Å². The van der Waals surface area contributed by atoms with Gasteiger partial charge in [-0.2, -0.15) is 0 Å². The van der Waals surface area contributed by atoms with Crippen molar-refractivity contribution in [1.82, 2.24) is 20.2 Å². The van der Waals surface area contributed by atoms with Gasteiger partial charge in [0.05, 0.1) is 12.0 Å². The second-order valence-corrected chi connectivity index (χ2v) is 4.46. The molecule has 106 valence electrons. The molecule has 2 aromatic rings. The fraction of sp³-hybridized carbons (Fsp3) is 0.286. The smallest absolute Gasteiger partial charge is 0.191 e. The van der Waals surface area contributed by atoms with Crippen molar-refractivity contribution in [2.24, 2.45) is 4.99 Å². The van der Waals surface area contributed by atoms with E-state index in [4.69, 9.17) is 0 Å². The molecule has 1 aliphatic heterocycles. The Hall–Kier alpha value is -1.57. The lowest BCUT2D eigenvalue weighted by atomic mass is 10.1. The van der Waals surface area contributed by atoms with Gasteiger partial charge in [-0.1, -0.05) is 18.2 Å². The molecule has 5 nitrogen and oxygen atoms in total. The van der Waals surface area contributed by atoms with E-state index in [1.165, 1.54) is 5.56 Å². The number of nitrogens with one attached hydrogen (secondary N) is 2. The molecule has 0 spiro atoms. The molecule has 6 heteroatoms. The van der Waals surface area contributed by atoms with Crippen LogP contribution in [-0.2, 0) is 6.54 Å². The highest BCUT2D eigenvalue weighted by atomic mass is 127. The zero-order chi connectivity index (χ0) is 12.9. The summed E-state index contributed by atoms with van der Waals surface area (Å²) in [5, 5.41) is 6.61. The lowest BCUT2D eigenvalue weighted by molar-refractivity contribution is 0.701. The van der Waals surface area contributed by atoms with E-state index in [9.17, 15) is 0 Å². The van der Waals surface area contributed by atoms with Crippen molar-refractivity contribution in [2.45, 2.75) is 13.0 Å². The maximum Gasteiger partial charge on any atom is 0.191 e. The van der Waals surface area contributed by atoms with E-state index in [1.807, 2.05) is 29.2 Å². The molecule has 0 saturated heterocycles. The molecular formula is C14H18IN5. The predicted octanol–water partition coefficient (Wildman–Crippen LogP) is 1.93. The molecule has 2 N–H and O–H groups in total. The van der Waals surface area contributed by atoms with Crippen LogP contribution in [0.3, 0.4) is 0 Å². The van der Waals surface area contributed by atoms with E-state index in [1.54, 1.807) is 6.20 Å². The van der Waals surface area contributed by atoms with Crippen molar-refractivity contribution in [3.8, 4) is 5.69 Å². The third-order valence-electron chi connectivity index (χ3n) is 3.12. The fourth-order valence-corrected chi connectivity index (χ4v) is 2.14. The summed E-state index contributed by atoms with van der Waals surface area (Å²) in [5.41, 5.74) is 2.36. The molecule has 0 atom stereocenters. The first-order valence-electron chi connectivity index (χ1n) is 6.52. The van der Waals surface area contributed by atoms with Crippen molar-refractivity contribution in [1.29, 1.82) is 0 Å². The summed E-state index contributed by atoms with van der Waals surface area (Å²) in [6, 6.07) is 8.29. The lowest BCUT2D eigenvalue weighted by Gasteiger charge is -2.17. The number of halogens is 1. The summed E-state index contributed by atoms with van der Waals surface area (Å²) >= 11 is 0. The van der Waals surface area contributed by atoms with Crippen LogP contribution in [0.4, 0.5) is 0 Å². The topological polar surface area (TPSA) is 54.2 Å². The number of guanidine groups is 1. The molecule has 0 bridgehead atoms. The summed E-state index contributed by atoms with van der Waals surface area (Å²) in [4.78, 5) is 8.51. The minimum absolute atomic E-state index is 0. The number of benzene rings is 1. The molecule has 1 aromatic heterocycles. The van der Waals surface area contributed by atoms with Crippen LogP contribution in [0.5, 0.6) is 0 Å². The number of hydrogen-bond donors (Lipinski definition) is 2. The van der Waals surface area contributed by atoms with Gasteiger partial charge in [0.15, 0.2) is 5.96 Å². The normalized spacial score (nSPS) is 13.9. The van der Waals surface area contributed by atoms with Crippen LogP contribution < -0.4 is 10.6 Å². The molecule has 0 radical (unpaired) electrons. The van der Waals surface area contributed by atoms with Gasteiger partial charge >= 0.3 is 0 Å². The van der Waals surface area contributed by atoms with Crippen LogP contribution in [0.25, 0.3) is 5.69 Å². The first-order chi connectivity index (χ1) is 9.43. The largest absolute Gasteiger partial charge is 0.356 e. The number of nitrogens with zero attached hydrogens (tertiary/aromatic N) is 3. The Balaban J connectivity index is 0.00000147. The molecule has 2 heterocycles. The molecule has 0 amide bonds. The fourth-order valence-electron chi connectivity index (χ4n) is 2.14. The molecule has 0 unspecified atom stereocenters.